The predicted molar refractivity (Wildman–Crippen MR) is 81.9 cm³/mol. The number of hydrogen-bond acceptors (Lipinski definition) is 5. The lowest BCUT2D eigenvalue weighted by Gasteiger charge is -2.11. The van der Waals surface area contributed by atoms with Gasteiger partial charge in [0, 0.05) is 18.9 Å². The van der Waals surface area contributed by atoms with Gasteiger partial charge >= 0.3 is 0 Å². The first-order valence-electron chi connectivity index (χ1n) is 7.21. The first-order chi connectivity index (χ1) is 10.3. The number of nitrogens with zero attached hydrogens (tertiary/aromatic N) is 4. The summed E-state index contributed by atoms with van der Waals surface area (Å²) in [6.07, 6.45) is 6.01. The van der Waals surface area contributed by atoms with Crippen molar-refractivity contribution in [2.75, 3.05) is 11.9 Å². The van der Waals surface area contributed by atoms with Crippen molar-refractivity contribution in [3.8, 4) is 6.07 Å². The van der Waals surface area contributed by atoms with Crippen molar-refractivity contribution in [3.05, 3.63) is 46.9 Å². The third-order valence-corrected chi connectivity index (χ3v) is 3.39. The second-order valence-electron chi connectivity index (χ2n) is 4.71. The Bertz CT molecular complexity index is 631. The maximum Gasteiger partial charge on any atom is 0.166 e. The molecule has 5 nitrogen and oxygen atoms in total. The minimum atomic E-state index is 0.579. The molecule has 108 valence electrons. The molecule has 0 aliphatic heterocycles. The van der Waals surface area contributed by atoms with Gasteiger partial charge in [0.2, 0.25) is 0 Å². The van der Waals surface area contributed by atoms with E-state index >= 15 is 0 Å². The van der Waals surface area contributed by atoms with Crippen molar-refractivity contribution in [2.24, 2.45) is 0 Å². The van der Waals surface area contributed by atoms with Crippen molar-refractivity contribution < 1.29 is 0 Å². The molecular weight excluding hydrogens is 262 g/mol. The lowest BCUT2D eigenvalue weighted by molar-refractivity contribution is 0.865. The largest absolute Gasteiger partial charge is 0.367 e. The average molecular weight is 281 g/mol. The molecule has 0 spiro atoms. The molecule has 0 saturated heterocycles. The van der Waals surface area contributed by atoms with Crippen molar-refractivity contribution in [3.63, 3.8) is 0 Å². The average Bonchev–Trinajstić information content (AvgIpc) is 2.55. The van der Waals surface area contributed by atoms with E-state index in [1.165, 1.54) is 0 Å². The van der Waals surface area contributed by atoms with Crippen LogP contribution in [-0.2, 0) is 19.3 Å². The maximum atomic E-state index is 9.40. The smallest absolute Gasteiger partial charge is 0.166 e. The first kappa shape index (κ1) is 14.9. The molecule has 21 heavy (non-hydrogen) atoms. The molecule has 0 aromatic carbocycles. The van der Waals surface area contributed by atoms with E-state index in [1.807, 2.05) is 32.2 Å². The van der Waals surface area contributed by atoms with Crippen LogP contribution >= 0.6 is 0 Å². The second-order valence-corrected chi connectivity index (χ2v) is 4.71. The van der Waals surface area contributed by atoms with Crippen molar-refractivity contribution >= 4 is 5.82 Å². The van der Waals surface area contributed by atoms with Crippen LogP contribution in [0.2, 0.25) is 0 Å². The molecule has 2 aromatic rings. The van der Waals surface area contributed by atoms with Gasteiger partial charge in [0.15, 0.2) is 5.82 Å². The first-order valence-corrected chi connectivity index (χ1v) is 7.21. The van der Waals surface area contributed by atoms with Crippen molar-refractivity contribution in [2.45, 2.75) is 33.1 Å². The number of pyridine rings is 1. The summed E-state index contributed by atoms with van der Waals surface area (Å²) in [5, 5.41) is 21.0. The number of nitriles is 1. The molecule has 0 amide bonds. The number of anilines is 1. The summed E-state index contributed by atoms with van der Waals surface area (Å²) in [6.45, 7) is 4.76. The quantitative estimate of drug-likeness (QED) is 0.880. The van der Waals surface area contributed by atoms with E-state index < -0.39 is 0 Å². The molecule has 0 unspecified atom stereocenters. The lowest BCUT2D eigenvalue weighted by Crippen LogP contribution is -2.12. The second kappa shape index (κ2) is 7.34. The minimum absolute atomic E-state index is 0.579. The normalized spacial score (nSPS) is 10.1. The molecule has 2 rings (SSSR count). The van der Waals surface area contributed by atoms with E-state index in [4.69, 9.17) is 0 Å². The summed E-state index contributed by atoms with van der Waals surface area (Å²) in [4.78, 5) is 4.09. The highest BCUT2D eigenvalue weighted by Crippen LogP contribution is 2.19. The van der Waals surface area contributed by atoms with Gasteiger partial charge < -0.3 is 5.32 Å². The standard InChI is InChI=1S/C16H19N5/c1-3-13-14(10-17)16(21-20-15(13)4-2)19-9-7-12-6-5-8-18-11-12/h5-6,8,11H,3-4,7,9H2,1-2H3,(H,19,21). The number of aryl methyl sites for hydroxylation is 1. The highest BCUT2D eigenvalue weighted by atomic mass is 15.2. The zero-order valence-electron chi connectivity index (χ0n) is 12.4. The van der Waals surface area contributed by atoms with Gasteiger partial charge in [-0.05, 0) is 36.5 Å². The Balaban J connectivity index is 2.12. The summed E-state index contributed by atoms with van der Waals surface area (Å²) in [5.41, 5.74) is 3.68. The fourth-order valence-electron chi connectivity index (χ4n) is 2.29. The predicted octanol–water partition coefficient (Wildman–Crippen LogP) is 2.52. The number of rotatable bonds is 6. The van der Waals surface area contributed by atoms with E-state index in [-0.39, 0.29) is 0 Å². The van der Waals surface area contributed by atoms with Crippen LogP contribution < -0.4 is 5.32 Å². The molecule has 0 aliphatic rings. The summed E-state index contributed by atoms with van der Waals surface area (Å²) < 4.78 is 0. The van der Waals surface area contributed by atoms with E-state index in [0.717, 1.165) is 36.1 Å². The fraction of sp³-hybridized carbons (Fsp3) is 0.375. The van der Waals surface area contributed by atoms with Gasteiger partial charge in [0.25, 0.3) is 0 Å². The van der Waals surface area contributed by atoms with Crippen LogP contribution in [0.1, 0.15) is 36.2 Å². The zero-order valence-corrected chi connectivity index (χ0v) is 12.4. The third-order valence-electron chi connectivity index (χ3n) is 3.39. The molecule has 5 heteroatoms. The van der Waals surface area contributed by atoms with Crippen LogP contribution in [0.3, 0.4) is 0 Å². The Morgan fingerprint density at radius 3 is 2.71 bits per heavy atom. The molecular formula is C16H19N5. The SMILES string of the molecule is CCc1nnc(NCCc2cccnc2)c(C#N)c1CC. The van der Waals surface area contributed by atoms with Gasteiger partial charge in [0.05, 0.1) is 5.69 Å². The van der Waals surface area contributed by atoms with E-state index in [1.54, 1.807) is 6.20 Å². The molecule has 0 atom stereocenters. The van der Waals surface area contributed by atoms with Gasteiger partial charge in [0.1, 0.15) is 11.6 Å². The highest BCUT2D eigenvalue weighted by Gasteiger charge is 2.13. The zero-order chi connectivity index (χ0) is 15.1. The molecule has 2 aromatic heterocycles. The van der Waals surface area contributed by atoms with E-state index in [9.17, 15) is 5.26 Å². The molecule has 0 fully saturated rings. The van der Waals surface area contributed by atoms with Gasteiger partial charge in [-0.2, -0.15) is 10.4 Å². The monoisotopic (exact) mass is 281 g/mol. The van der Waals surface area contributed by atoms with Crippen molar-refractivity contribution in [1.82, 2.24) is 15.2 Å². The minimum Gasteiger partial charge on any atom is -0.367 e. The molecule has 0 bridgehead atoms. The molecule has 1 N–H and O–H groups in total. The summed E-state index contributed by atoms with van der Waals surface area (Å²) >= 11 is 0. The van der Waals surface area contributed by atoms with Gasteiger partial charge in [-0.15, -0.1) is 5.10 Å². The third kappa shape index (κ3) is 3.54. The summed E-state index contributed by atoms with van der Waals surface area (Å²) in [6, 6.07) is 6.21. The summed E-state index contributed by atoms with van der Waals surface area (Å²) in [7, 11) is 0. The lowest BCUT2D eigenvalue weighted by atomic mass is 10.0. The molecule has 2 heterocycles. The van der Waals surface area contributed by atoms with Crippen LogP contribution in [0.25, 0.3) is 0 Å². The maximum absolute atomic E-state index is 9.40. The van der Waals surface area contributed by atoms with Gasteiger partial charge in [-0.3, -0.25) is 4.98 Å². The Kier molecular flexibility index (Phi) is 5.22. The van der Waals surface area contributed by atoms with Crippen LogP contribution in [0, 0.1) is 11.3 Å². The van der Waals surface area contributed by atoms with Gasteiger partial charge in [-0.25, -0.2) is 0 Å². The Morgan fingerprint density at radius 1 is 1.24 bits per heavy atom. The number of hydrogen-bond donors (Lipinski definition) is 1. The Hall–Kier alpha value is -2.48. The topological polar surface area (TPSA) is 74.5 Å². The van der Waals surface area contributed by atoms with Crippen LogP contribution in [0.15, 0.2) is 24.5 Å². The van der Waals surface area contributed by atoms with Gasteiger partial charge in [-0.1, -0.05) is 19.9 Å². The van der Waals surface area contributed by atoms with Crippen LogP contribution in [0.5, 0.6) is 0 Å². The van der Waals surface area contributed by atoms with E-state index in [2.05, 4.69) is 26.6 Å². The molecule has 0 radical (unpaired) electrons. The molecule has 0 aliphatic carbocycles. The molecule has 0 saturated carbocycles. The Morgan fingerprint density at radius 2 is 2.10 bits per heavy atom. The summed E-state index contributed by atoms with van der Waals surface area (Å²) in [5.74, 6) is 0.579. The van der Waals surface area contributed by atoms with Crippen LogP contribution in [-0.4, -0.2) is 21.7 Å². The number of aromatic nitrogens is 3. The highest BCUT2D eigenvalue weighted by molar-refractivity contribution is 5.56. The fourth-order valence-corrected chi connectivity index (χ4v) is 2.29. The van der Waals surface area contributed by atoms with Crippen molar-refractivity contribution in [1.29, 1.82) is 5.26 Å². The van der Waals surface area contributed by atoms with Crippen LogP contribution in [0.4, 0.5) is 5.82 Å². The number of nitrogens with one attached hydrogen (secondary N) is 1. The van der Waals surface area contributed by atoms with E-state index in [0.29, 0.717) is 17.9 Å². The Labute approximate surface area is 125 Å².